The van der Waals surface area contributed by atoms with Crippen LogP contribution in [0.2, 0.25) is 0 Å². The highest BCUT2D eigenvalue weighted by Crippen LogP contribution is 2.32. The summed E-state index contributed by atoms with van der Waals surface area (Å²) in [5.74, 6) is 0.0922. The van der Waals surface area contributed by atoms with E-state index in [9.17, 15) is 10.2 Å². The van der Waals surface area contributed by atoms with Crippen molar-refractivity contribution in [3.05, 3.63) is 35.5 Å². The van der Waals surface area contributed by atoms with Gasteiger partial charge in [-0.05, 0) is 64.9 Å². The van der Waals surface area contributed by atoms with E-state index in [1.165, 1.54) is 5.57 Å². The van der Waals surface area contributed by atoms with Gasteiger partial charge in [-0.2, -0.15) is 0 Å². The summed E-state index contributed by atoms with van der Waals surface area (Å²) in [7, 11) is 0. The summed E-state index contributed by atoms with van der Waals surface area (Å²) in [5.41, 5.74) is 2.70. The molecule has 4 atom stereocenters. The molecule has 3 rings (SSSR count). The first-order chi connectivity index (χ1) is 10.8. The maximum atomic E-state index is 10.7. The first kappa shape index (κ1) is 18.4. The van der Waals surface area contributed by atoms with Gasteiger partial charge < -0.3 is 14.9 Å². The first-order valence-electron chi connectivity index (χ1n) is 8.82. The molecule has 2 aliphatic heterocycles. The maximum absolute atomic E-state index is 10.7. The van der Waals surface area contributed by atoms with Crippen LogP contribution in [0.5, 0.6) is 0 Å². The third-order valence-electron chi connectivity index (χ3n) is 5.34. The lowest BCUT2D eigenvalue weighted by Gasteiger charge is -2.36. The zero-order valence-electron chi connectivity index (χ0n) is 14.8. The van der Waals surface area contributed by atoms with E-state index in [0.29, 0.717) is 6.61 Å². The van der Waals surface area contributed by atoms with Gasteiger partial charge in [0.15, 0.2) is 0 Å². The van der Waals surface area contributed by atoms with E-state index in [1.807, 2.05) is 19.9 Å². The van der Waals surface area contributed by atoms with Crippen LogP contribution in [0.25, 0.3) is 0 Å². The lowest BCUT2D eigenvalue weighted by atomic mass is 9.84. The van der Waals surface area contributed by atoms with E-state index >= 15 is 0 Å². The number of aliphatic hydroxyl groups excluding tert-OH is 1. The van der Waals surface area contributed by atoms with Gasteiger partial charge in [-0.25, -0.2) is 0 Å². The summed E-state index contributed by atoms with van der Waals surface area (Å²) < 4.78 is 5.90. The molecular weight excluding hydrogens is 288 g/mol. The van der Waals surface area contributed by atoms with Crippen molar-refractivity contribution in [1.29, 1.82) is 0 Å². The van der Waals surface area contributed by atoms with Crippen molar-refractivity contribution in [2.45, 2.75) is 77.1 Å². The second kappa shape index (κ2) is 7.78. The van der Waals surface area contributed by atoms with Gasteiger partial charge in [0.2, 0.25) is 0 Å². The van der Waals surface area contributed by atoms with Crippen LogP contribution in [0.3, 0.4) is 0 Å². The summed E-state index contributed by atoms with van der Waals surface area (Å²) in [6.45, 7) is 10.6. The number of fused-ring (bicyclic) bond motifs is 10. The SMILES string of the molecule is C=C(C)[C@H]1CC/C(C)=C/CC[C@@](C)(O)[C@@H]2CCC(=C[C@@H]1O)CO2. The Hall–Kier alpha value is -0.900. The molecule has 3 nitrogen and oxygen atoms in total. The van der Waals surface area contributed by atoms with E-state index in [-0.39, 0.29) is 12.0 Å². The fourth-order valence-electron chi connectivity index (χ4n) is 3.62. The molecule has 0 radical (unpaired) electrons. The van der Waals surface area contributed by atoms with Gasteiger partial charge in [-0.1, -0.05) is 29.9 Å². The topological polar surface area (TPSA) is 49.7 Å². The summed E-state index contributed by atoms with van der Waals surface area (Å²) >= 11 is 0. The summed E-state index contributed by atoms with van der Waals surface area (Å²) in [6, 6.07) is 0. The Labute approximate surface area is 140 Å². The molecule has 0 spiro atoms. The molecule has 0 aromatic rings. The quantitative estimate of drug-likeness (QED) is 0.720. The summed E-state index contributed by atoms with van der Waals surface area (Å²) in [6.07, 6.45) is 8.69. The zero-order chi connectivity index (χ0) is 17.0. The minimum Gasteiger partial charge on any atom is -0.388 e. The van der Waals surface area contributed by atoms with Gasteiger partial charge >= 0.3 is 0 Å². The van der Waals surface area contributed by atoms with E-state index in [4.69, 9.17) is 4.74 Å². The van der Waals surface area contributed by atoms with Crippen LogP contribution < -0.4 is 0 Å². The fourth-order valence-corrected chi connectivity index (χ4v) is 3.62. The lowest BCUT2D eigenvalue weighted by molar-refractivity contribution is -0.109. The van der Waals surface area contributed by atoms with Crippen LogP contribution in [0.15, 0.2) is 35.5 Å². The average Bonchev–Trinajstić information content (AvgIpc) is 2.46. The Balaban J connectivity index is 2.21. The largest absolute Gasteiger partial charge is 0.388 e. The maximum Gasteiger partial charge on any atom is 0.0883 e. The van der Waals surface area contributed by atoms with E-state index < -0.39 is 11.7 Å². The highest BCUT2D eigenvalue weighted by molar-refractivity contribution is 5.15. The van der Waals surface area contributed by atoms with Crippen molar-refractivity contribution < 1.29 is 14.9 Å². The molecule has 130 valence electrons. The zero-order valence-corrected chi connectivity index (χ0v) is 14.8. The Bertz CT molecular complexity index is 477. The number of hydrogen-bond acceptors (Lipinski definition) is 3. The lowest BCUT2D eigenvalue weighted by Crippen LogP contribution is -2.43. The molecule has 0 aromatic heterocycles. The highest BCUT2D eigenvalue weighted by atomic mass is 16.5. The van der Waals surface area contributed by atoms with Gasteiger partial charge in [0.1, 0.15) is 0 Å². The standard InChI is InChI=1S/C20H32O3/c1-14(2)17-9-7-15(3)6-5-11-20(4,22)19-10-8-16(13-23-19)12-18(17)21/h6,12,17-19,21-22H,1,5,7-11,13H2,2-4H3/b15-6+,16-12?/t17-,18+,19+,20-/m1/s1. The normalized spacial score (nSPS) is 39.1. The molecule has 1 saturated heterocycles. The third kappa shape index (κ3) is 5.03. The molecule has 2 N–H and O–H groups in total. The number of allylic oxidation sites excluding steroid dienone is 2. The third-order valence-corrected chi connectivity index (χ3v) is 5.34. The van der Waals surface area contributed by atoms with Crippen molar-refractivity contribution in [1.82, 2.24) is 0 Å². The monoisotopic (exact) mass is 320 g/mol. The van der Waals surface area contributed by atoms with Gasteiger partial charge in [0.25, 0.3) is 0 Å². The molecule has 1 fully saturated rings. The van der Waals surface area contributed by atoms with Crippen LogP contribution in [-0.4, -0.2) is 34.6 Å². The molecule has 0 aromatic carbocycles. The smallest absolute Gasteiger partial charge is 0.0883 e. The van der Waals surface area contributed by atoms with E-state index in [0.717, 1.165) is 49.7 Å². The first-order valence-corrected chi connectivity index (χ1v) is 8.82. The van der Waals surface area contributed by atoms with E-state index in [2.05, 4.69) is 19.6 Å². The molecule has 0 saturated carbocycles. The predicted molar refractivity (Wildman–Crippen MR) is 94.2 cm³/mol. The molecule has 3 aliphatic rings. The molecule has 2 bridgehead atoms. The fraction of sp³-hybridized carbons (Fsp3) is 0.700. The Morgan fingerprint density at radius 2 is 2.09 bits per heavy atom. The van der Waals surface area contributed by atoms with Crippen LogP contribution >= 0.6 is 0 Å². The Morgan fingerprint density at radius 1 is 1.35 bits per heavy atom. The van der Waals surface area contributed by atoms with Crippen molar-refractivity contribution >= 4 is 0 Å². The average molecular weight is 320 g/mol. The Kier molecular flexibility index (Phi) is 6.24. The summed E-state index contributed by atoms with van der Waals surface area (Å²) in [5, 5.41) is 21.3. The van der Waals surface area contributed by atoms with E-state index in [1.54, 1.807) is 0 Å². The molecule has 1 aliphatic carbocycles. The van der Waals surface area contributed by atoms with Crippen molar-refractivity contribution in [3.63, 3.8) is 0 Å². The van der Waals surface area contributed by atoms with Gasteiger partial charge in [-0.15, -0.1) is 0 Å². The molecule has 23 heavy (non-hydrogen) atoms. The molecule has 3 heteroatoms. The predicted octanol–water partition coefficient (Wildman–Crippen LogP) is 3.92. The molecular formula is C20H32O3. The van der Waals surface area contributed by atoms with Crippen molar-refractivity contribution in [2.75, 3.05) is 6.61 Å². The van der Waals surface area contributed by atoms with Gasteiger partial charge in [0.05, 0.1) is 24.4 Å². The second-order valence-corrected chi connectivity index (χ2v) is 7.59. The molecule has 0 amide bonds. The van der Waals surface area contributed by atoms with Gasteiger partial charge in [0, 0.05) is 5.92 Å². The second-order valence-electron chi connectivity index (χ2n) is 7.59. The van der Waals surface area contributed by atoms with Crippen LogP contribution in [0, 0.1) is 5.92 Å². The number of ether oxygens (including phenoxy) is 1. The van der Waals surface area contributed by atoms with Gasteiger partial charge in [-0.3, -0.25) is 0 Å². The number of rotatable bonds is 1. The van der Waals surface area contributed by atoms with Crippen LogP contribution in [0.4, 0.5) is 0 Å². The Morgan fingerprint density at radius 3 is 2.70 bits per heavy atom. The van der Waals surface area contributed by atoms with Crippen molar-refractivity contribution in [2.24, 2.45) is 5.92 Å². The molecule has 2 heterocycles. The number of hydrogen-bond donors (Lipinski definition) is 2. The van der Waals surface area contributed by atoms with Crippen LogP contribution in [-0.2, 0) is 4.74 Å². The number of aliphatic hydroxyl groups is 2. The minimum atomic E-state index is -0.786. The summed E-state index contributed by atoms with van der Waals surface area (Å²) in [4.78, 5) is 0. The van der Waals surface area contributed by atoms with Crippen molar-refractivity contribution in [3.8, 4) is 0 Å². The molecule has 0 unspecified atom stereocenters. The highest BCUT2D eigenvalue weighted by Gasteiger charge is 2.34. The van der Waals surface area contributed by atoms with Crippen LogP contribution in [0.1, 0.15) is 59.3 Å². The minimum absolute atomic E-state index is 0.0922.